The molecule has 4 heterocycles. The van der Waals surface area contributed by atoms with Crippen molar-refractivity contribution in [3.63, 3.8) is 0 Å². The maximum absolute atomic E-state index is 14.3. The summed E-state index contributed by atoms with van der Waals surface area (Å²) in [4.78, 5) is 43.3. The van der Waals surface area contributed by atoms with Crippen molar-refractivity contribution in [2.45, 2.75) is 17.9 Å². The van der Waals surface area contributed by atoms with Crippen LogP contribution in [0, 0.1) is 0 Å². The van der Waals surface area contributed by atoms with Gasteiger partial charge in [-0.05, 0) is 45.7 Å². The smallest absolute Gasteiger partial charge is 0.314 e. The van der Waals surface area contributed by atoms with Gasteiger partial charge in [-0.3, -0.25) is 4.79 Å². The summed E-state index contributed by atoms with van der Waals surface area (Å²) in [5.41, 5.74) is 5.13. The van der Waals surface area contributed by atoms with E-state index in [9.17, 15) is 9.59 Å². The van der Waals surface area contributed by atoms with Crippen LogP contribution in [0.25, 0.3) is 16.1 Å². The van der Waals surface area contributed by atoms with Gasteiger partial charge in [0, 0.05) is 48.7 Å². The minimum absolute atomic E-state index is 0.155. The van der Waals surface area contributed by atoms with Gasteiger partial charge in [0.25, 0.3) is 0 Å². The molecule has 3 aromatic heterocycles. The highest BCUT2D eigenvalue weighted by molar-refractivity contribution is 7.18. The number of amides is 2. The Bertz CT molecular complexity index is 2270. The lowest BCUT2D eigenvalue weighted by atomic mass is 9.90. The molecular formula is C42H37N8O2S2+. The van der Waals surface area contributed by atoms with Crippen molar-refractivity contribution in [2.75, 3.05) is 30.3 Å². The van der Waals surface area contributed by atoms with E-state index in [1.165, 1.54) is 29.0 Å². The summed E-state index contributed by atoms with van der Waals surface area (Å²) in [7, 11) is 0. The minimum atomic E-state index is -0.580. The Hall–Kier alpha value is -5.92. The van der Waals surface area contributed by atoms with Gasteiger partial charge < -0.3 is 16.0 Å². The number of hydrogen-bond acceptors (Lipinski definition) is 9. The molecule has 10 nitrogen and oxygen atoms in total. The predicted molar refractivity (Wildman–Crippen MR) is 213 cm³/mol. The van der Waals surface area contributed by atoms with Crippen LogP contribution in [0.1, 0.15) is 45.0 Å². The van der Waals surface area contributed by atoms with E-state index < -0.39 is 11.8 Å². The molecule has 1 saturated heterocycles. The lowest BCUT2D eigenvalue weighted by Crippen LogP contribution is -2.42. The van der Waals surface area contributed by atoms with Gasteiger partial charge in [0.1, 0.15) is 24.1 Å². The van der Waals surface area contributed by atoms with Gasteiger partial charge >= 0.3 is 11.0 Å². The van der Waals surface area contributed by atoms with E-state index in [4.69, 9.17) is 0 Å². The van der Waals surface area contributed by atoms with Crippen molar-refractivity contribution in [3.05, 3.63) is 174 Å². The number of nitrogens with one attached hydrogen (secondary N) is 4. The van der Waals surface area contributed by atoms with E-state index in [0.29, 0.717) is 10.3 Å². The van der Waals surface area contributed by atoms with Gasteiger partial charge in [0.05, 0.1) is 16.8 Å². The van der Waals surface area contributed by atoms with Gasteiger partial charge in [-0.25, -0.2) is 19.7 Å². The standard InChI is InChI=1S/C42H36N8O2S2/c51-39(48-41-47-25-35(53-41)34-24-43-20-21-46-34)38(30-14-8-3-9-15-30)31-16-18-33(19-17-31)50-26-36(32-22-44-27-45-23-32)54-42(50)49-40(52)37(28-10-4-1-5-11-28)29-12-6-2-7-13-29/h1-19,22-23,25-27,34,37-38,43,46H,20-21,24H2,(H,47,48,51)/p+1. The normalized spacial score (nSPS) is 14.7. The molecular weight excluding hydrogens is 713 g/mol. The zero-order valence-electron chi connectivity index (χ0n) is 29.1. The third kappa shape index (κ3) is 7.87. The molecule has 0 spiro atoms. The number of benzene rings is 4. The quantitative estimate of drug-likeness (QED) is 0.108. The summed E-state index contributed by atoms with van der Waals surface area (Å²) in [6.45, 7) is 2.64. The van der Waals surface area contributed by atoms with Gasteiger partial charge in [0.2, 0.25) is 5.91 Å². The molecule has 0 aliphatic carbocycles. The van der Waals surface area contributed by atoms with E-state index in [-0.39, 0.29) is 17.9 Å². The lowest BCUT2D eigenvalue weighted by molar-refractivity contribution is -0.575. The molecule has 1 fully saturated rings. The number of carbonyl (C=O) groups is 2. The lowest BCUT2D eigenvalue weighted by Gasteiger charge is -2.22. The average Bonchev–Trinajstić information content (AvgIpc) is 3.88. The van der Waals surface area contributed by atoms with Crippen LogP contribution in [-0.2, 0) is 9.59 Å². The van der Waals surface area contributed by atoms with Crippen LogP contribution in [0.3, 0.4) is 0 Å². The SMILES string of the molecule is O=C(Nc1ncc(C2CNCCN2)s1)C(c1ccccc1)c1ccc(-[n+]2cc(-c3cncnc3)sc2NC(=O)C(c2ccccc2)c2ccccc2)cc1. The van der Waals surface area contributed by atoms with Crippen LogP contribution < -0.4 is 25.8 Å². The van der Waals surface area contributed by atoms with E-state index in [1.54, 1.807) is 12.4 Å². The summed E-state index contributed by atoms with van der Waals surface area (Å²) in [5, 5.41) is 14.4. The molecule has 12 heteroatoms. The Labute approximate surface area is 321 Å². The monoisotopic (exact) mass is 749 g/mol. The number of aromatic nitrogens is 4. The molecule has 0 saturated carbocycles. The molecule has 8 rings (SSSR count). The topological polar surface area (TPSA) is 125 Å². The van der Waals surface area contributed by atoms with Crippen molar-refractivity contribution >= 4 is 44.8 Å². The fourth-order valence-corrected chi connectivity index (χ4v) is 8.55. The molecule has 2 atom stereocenters. The number of carbonyl (C=O) groups excluding carboxylic acids is 2. The number of piperazine rings is 1. The fraction of sp³-hybridized carbons (Fsp3) is 0.143. The predicted octanol–water partition coefficient (Wildman–Crippen LogP) is 6.71. The van der Waals surface area contributed by atoms with Crippen molar-refractivity contribution in [3.8, 4) is 16.1 Å². The second kappa shape index (κ2) is 16.4. The molecule has 268 valence electrons. The molecule has 0 radical (unpaired) electrons. The molecule has 1 aliphatic rings. The van der Waals surface area contributed by atoms with E-state index in [1.807, 2.05) is 132 Å². The molecule has 1 aliphatic heterocycles. The first-order chi connectivity index (χ1) is 26.6. The number of anilines is 2. The average molecular weight is 750 g/mol. The Balaban J connectivity index is 1.11. The van der Waals surface area contributed by atoms with Crippen molar-refractivity contribution in [2.24, 2.45) is 0 Å². The Kier molecular flexibility index (Phi) is 10.7. The maximum Gasteiger partial charge on any atom is 0.347 e. The summed E-state index contributed by atoms with van der Waals surface area (Å²) in [6.07, 6.45) is 8.82. The third-order valence-electron chi connectivity index (χ3n) is 9.31. The minimum Gasteiger partial charge on any atom is -0.314 e. The van der Waals surface area contributed by atoms with Crippen LogP contribution in [0.5, 0.6) is 0 Å². The first-order valence-electron chi connectivity index (χ1n) is 17.7. The summed E-state index contributed by atoms with van der Waals surface area (Å²) in [6, 6.07) is 37.4. The zero-order valence-corrected chi connectivity index (χ0v) is 30.8. The maximum atomic E-state index is 14.3. The summed E-state index contributed by atoms with van der Waals surface area (Å²) in [5.74, 6) is -1.43. The largest absolute Gasteiger partial charge is 0.347 e. The van der Waals surface area contributed by atoms with Crippen molar-refractivity contribution in [1.29, 1.82) is 0 Å². The van der Waals surface area contributed by atoms with Crippen LogP contribution in [-0.4, -0.2) is 46.4 Å². The van der Waals surface area contributed by atoms with Crippen molar-refractivity contribution < 1.29 is 14.2 Å². The van der Waals surface area contributed by atoms with E-state index in [0.717, 1.165) is 62.9 Å². The highest BCUT2D eigenvalue weighted by Crippen LogP contribution is 2.33. The van der Waals surface area contributed by atoms with Gasteiger partial charge in [-0.1, -0.05) is 103 Å². The number of rotatable bonds is 11. The first-order valence-corrected chi connectivity index (χ1v) is 19.3. The number of nitrogens with zero attached hydrogens (tertiary/aromatic N) is 4. The number of hydrogen-bond donors (Lipinski definition) is 4. The third-order valence-corrected chi connectivity index (χ3v) is 11.4. The molecule has 0 bridgehead atoms. The Morgan fingerprint density at radius 1 is 0.685 bits per heavy atom. The number of thiazole rings is 2. The molecule has 54 heavy (non-hydrogen) atoms. The summed E-state index contributed by atoms with van der Waals surface area (Å²) < 4.78 is 1.96. The fourth-order valence-electron chi connectivity index (χ4n) is 6.66. The van der Waals surface area contributed by atoms with Crippen LogP contribution in [0.15, 0.2) is 146 Å². The van der Waals surface area contributed by atoms with Gasteiger partial charge in [-0.15, -0.1) is 11.3 Å². The van der Waals surface area contributed by atoms with Gasteiger partial charge in [0.15, 0.2) is 5.13 Å². The Morgan fingerprint density at radius 2 is 1.26 bits per heavy atom. The highest BCUT2D eigenvalue weighted by Gasteiger charge is 2.31. The van der Waals surface area contributed by atoms with E-state index >= 15 is 0 Å². The molecule has 4 aromatic carbocycles. The van der Waals surface area contributed by atoms with Gasteiger partial charge in [-0.2, -0.15) is 9.88 Å². The second-order valence-electron chi connectivity index (χ2n) is 12.8. The van der Waals surface area contributed by atoms with Crippen molar-refractivity contribution in [1.82, 2.24) is 25.6 Å². The van der Waals surface area contributed by atoms with Crippen LogP contribution in [0.2, 0.25) is 0 Å². The zero-order chi connectivity index (χ0) is 36.7. The molecule has 2 unspecified atom stereocenters. The first kappa shape index (κ1) is 35.1. The summed E-state index contributed by atoms with van der Waals surface area (Å²) >= 11 is 2.93. The highest BCUT2D eigenvalue weighted by atomic mass is 32.1. The Morgan fingerprint density at radius 3 is 1.83 bits per heavy atom. The van der Waals surface area contributed by atoms with Crippen LogP contribution in [0.4, 0.5) is 10.3 Å². The molecule has 7 aromatic rings. The molecule has 4 N–H and O–H groups in total. The van der Waals surface area contributed by atoms with Crippen LogP contribution >= 0.6 is 22.7 Å². The second-order valence-corrected chi connectivity index (χ2v) is 14.9. The van der Waals surface area contributed by atoms with E-state index in [2.05, 4.69) is 36.2 Å². The molecule has 2 amide bonds.